The molecule has 1 fully saturated rings. The van der Waals surface area contributed by atoms with Gasteiger partial charge in [0.05, 0.1) is 5.56 Å². The number of rotatable bonds is 4. The molecule has 1 aromatic carbocycles. The Bertz CT molecular complexity index is 682. The molecule has 120 valence electrons. The fraction of sp³-hybridized carbons (Fsp3) is 0.389. The van der Waals surface area contributed by atoms with Gasteiger partial charge in [-0.15, -0.1) is 0 Å². The maximum absolute atomic E-state index is 12.2. The monoisotopic (exact) mass is 310 g/mol. The predicted octanol–water partition coefficient (Wildman–Crippen LogP) is 3.60. The molecular formula is C18H22N4O. The molecule has 0 atom stereocenters. The molecule has 1 amide bonds. The minimum absolute atomic E-state index is 0.0980. The quantitative estimate of drug-likeness (QED) is 0.905. The number of nitrogens with zero attached hydrogens (tertiary/aromatic N) is 2. The van der Waals surface area contributed by atoms with E-state index in [0.29, 0.717) is 17.6 Å². The van der Waals surface area contributed by atoms with Crippen LogP contribution in [0.25, 0.3) is 0 Å². The Hall–Kier alpha value is -2.43. The highest BCUT2D eigenvalue weighted by atomic mass is 16.1. The molecule has 23 heavy (non-hydrogen) atoms. The van der Waals surface area contributed by atoms with Gasteiger partial charge in [-0.25, -0.2) is 9.97 Å². The molecule has 1 aliphatic carbocycles. The zero-order valence-electron chi connectivity index (χ0n) is 13.8. The first kappa shape index (κ1) is 15.5. The summed E-state index contributed by atoms with van der Waals surface area (Å²) in [7, 11) is 0. The van der Waals surface area contributed by atoms with E-state index in [0.717, 1.165) is 18.5 Å². The van der Waals surface area contributed by atoms with Gasteiger partial charge in [0, 0.05) is 24.1 Å². The van der Waals surface area contributed by atoms with Gasteiger partial charge in [0.15, 0.2) is 0 Å². The van der Waals surface area contributed by atoms with Crippen molar-refractivity contribution in [1.29, 1.82) is 0 Å². The Morgan fingerprint density at radius 1 is 1.09 bits per heavy atom. The number of anilines is 2. The molecule has 2 aromatic rings. The van der Waals surface area contributed by atoms with Crippen molar-refractivity contribution in [2.24, 2.45) is 0 Å². The van der Waals surface area contributed by atoms with Crippen LogP contribution in [0.5, 0.6) is 0 Å². The molecule has 0 radical (unpaired) electrons. The maximum atomic E-state index is 12.2. The van der Waals surface area contributed by atoms with E-state index >= 15 is 0 Å². The van der Waals surface area contributed by atoms with Crippen LogP contribution in [0.4, 0.5) is 11.6 Å². The Morgan fingerprint density at radius 3 is 2.22 bits per heavy atom. The van der Waals surface area contributed by atoms with Gasteiger partial charge in [-0.05, 0) is 36.0 Å². The summed E-state index contributed by atoms with van der Waals surface area (Å²) in [4.78, 5) is 20.6. The lowest BCUT2D eigenvalue weighted by Gasteiger charge is -2.19. The van der Waals surface area contributed by atoms with Gasteiger partial charge < -0.3 is 10.6 Å². The summed E-state index contributed by atoms with van der Waals surface area (Å²) in [5.41, 5.74) is 2.55. The topological polar surface area (TPSA) is 66.9 Å². The Labute approximate surface area is 136 Å². The van der Waals surface area contributed by atoms with E-state index in [1.807, 2.05) is 24.3 Å². The summed E-state index contributed by atoms with van der Waals surface area (Å²) < 4.78 is 0. The molecule has 5 nitrogen and oxygen atoms in total. The number of carbonyl (C=O) groups excluding carboxylic acids is 1. The van der Waals surface area contributed by atoms with Crippen molar-refractivity contribution in [2.45, 2.75) is 45.1 Å². The van der Waals surface area contributed by atoms with E-state index in [9.17, 15) is 4.79 Å². The smallest absolute Gasteiger partial charge is 0.258 e. The van der Waals surface area contributed by atoms with Crippen LogP contribution < -0.4 is 10.6 Å². The second kappa shape index (κ2) is 5.99. The fourth-order valence-corrected chi connectivity index (χ4v) is 2.19. The summed E-state index contributed by atoms with van der Waals surface area (Å²) in [6, 6.07) is 8.41. The number of hydrogen-bond donors (Lipinski definition) is 2. The van der Waals surface area contributed by atoms with Crippen LogP contribution in [-0.4, -0.2) is 21.9 Å². The van der Waals surface area contributed by atoms with E-state index in [1.54, 1.807) is 12.4 Å². The molecule has 0 aliphatic heterocycles. The van der Waals surface area contributed by atoms with Gasteiger partial charge in [0.1, 0.15) is 0 Å². The number of nitrogens with one attached hydrogen (secondary N) is 2. The molecule has 2 N–H and O–H groups in total. The predicted molar refractivity (Wildman–Crippen MR) is 91.8 cm³/mol. The van der Waals surface area contributed by atoms with Crippen LogP contribution in [0.15, 0.2) is 36.7 Å². The van der Waals surface area contributed by atoms with E-state index < -0.39 is 0 Å². The lowest BCUT2D eigenvalue weighted by Crippen LogP contribution is -2.14. The molecule has 1 aromatic heterocycles. The van der Waals surface area contributed by atoms with E-state index in [2.05, 4.69) is 41.4 Å². The summed E-state index contributed by atoms with van der Waals surface area (Å²) in [5, 5.41) is 6.07. The third-order valence-electron chi connectivity index (χ3n) is 3.83. The summed E-state index contributed by atoms with van der Waals surface area (Å²) >= 11 is 0. The van der Waals surface area contributed by atoms with Crippen molar-refractivity contribution in [3.8, 4) is 0 Å². The summed E-state index contributed by atoms with van der Waals surface area (Å²) in [5.74, 6) is 0.380. The minimum Gasteiger partial charge on any atom is -0.351 e. The molecule has 0 unspecified atom stereocenters. The van der Waals surface area contributed by atoms with Gasteiger partial charge in [-0.2, -0.15) is 0 Å². The lowest BCUT2D eigenvalue weighted by molar-refractivity contribution is 0.102. The van der Waals surface area contributed by atoms with Crippen LogP contribution in [0.2, 0.25) is 0 Å². The highest BCUT2D eigenvalue weighted by Crippen LogP contribution is 2.24. The first-order chi connectivity index (χ1) is 10.9. The van der Waals surface area contributed by atoms with Crippen LogP contribution in [0.1, 0.15) is 49.5 Å². The summed E-state index contributed by atoms with van der Waals surface area (Å²) in [6.45, 7) is 6.49. The van der Waals surface area contributed by atoms with Gasteiger partial charge in [0.25, 0.3) is 5.91 Å². The molecule has 3 rings (SSSR count). The van der Waals surface area contributed by atoms with Crippen molar-refractivity contribution in [3.63, 3.8) is 0 Å². The van der Waals surface area contributed by atoms with Gasteiger partial charge in [-0.3, -0.25) is 4.79 Å². The van der Waals surface area contributed by atoms with Gasteiger partial charge >= 0.3 is 0 Å². The number of carbonyl (C=O) groups is 1. The van der Waals surface area contributed by atoms with Crippen LogP contribution in [0.3, 0.4) is 0 Å². The first-order valence-electron chi connectivity index (χ1n) is 7.92. The second-order valence-electron chi connectivity index (χ2n) is 7.00. The number of hydrogen-bond acceptors (Lipinski definition) is 4. The SMILES string of the molecule is CC(C)(C)c1ccc(NC(=O)c2cnc(NC3CC3)nc2)cc1. The zero-order chi connectivity index (χ0) is 16.4. The average molecular weight is 310 g/mol. The first-order valence-corrected chi connectivity index (χ1v) is 7.92. The van der Waals surface area contributed by atoms with Gasteiger partial charge in [0.2, 0.25) is 5.95 Å². The molecule has 5 heteroatoms. The molecular weight excluding hydrogens is 288 g/mol. The van der Waals surface area contributed by atoms with E-state index in [4.69, 9.17) is 0 Å². The van der Waals surface area contributed by atoms with Crippen molar-refractivity contribution in [1.82, 2.24) is 9.97 Å². The zero-order valence-corrected chi connectivity index (χ0v) is 13.8. The third kappa shape index (κ3) is 4.06. The Balaban J connectivity index is 1.63. The Morgan fingerprint density at radius 2 is 1.70 bits per heavy atom. The second-order valence-corrected chi connectivity index (χ2v) is 7.00. The number of amides is 1. The highest BCUT2D eigenvalue weighted by Gasteiger charge is 2.21. The molecule has 0 bridgehead atoms. The van der Waals surface area contributed by atoms with Crippen molar-refractivity contribution in [3.05, 3.63) is 47.8 Å². The van der Waals surface area contributed by atoms with Crippen molar-refractivity contribution in [2.75, 3.05) is 10.6 Å². The average Bonchev–Trinajstić information content (AvgIpc) is 3.31. The molecule has 0 spiro atoms. The third-order valence-corrected chi connectivity index (χ3v) is 3.83. The normalized spacial score (nSPS) is 14.4. The van der Waals surface area contributed by atoms with Crippen molar-refractivity contribution < 1.29 is 4.79 Å². The molecule has 1 heterocycles. The standard InChI is InChI=1S/C18H22N4O/c1-18(2,3)13-4-6-14(7-5-13)21-16(23)12-10-19-17(20-11-12)22-15-8-9-15/h4-7,10-11,15H,8-9H2,1-3H3,(H,21,23)(H,19,20,22). The molecule has 1 saturated carbocycles. The maximum Gasteiger partial charge on any atom is 0.258 e. The van der Waals surface area contributed by atoms with Crippen molar-refractivity contribution >= 4 is 17.5 Å². The lowest BCUT2D eigenvalue weighted by atomic mass is 9.87. The Kier molecular flexibility index (Phi) is 4.03. The van der Waals surface area contributed by atoms with E-state index in [1.165, 1.54) is 5.56 Å². The number of benzene rings is 1. The molecule has 1 aliphatic rings. The van der Waals surface area contributed by atoms with Crippen LogP contribution >= 0.6 is 0 Å². The van der Waals surface area contributed by atoms with Gasteiger partial charge in [-0.1, -0.05) is 32.9 Å². The largest absolute Gasteiger partial charge is 0.351 e. The summed E-state index contributed by atoms with van der Waals surface area (Å²) in [6.07, 6.45) is 5.43. The van der Waals surface area contributed by atoms with Crippen LogP contribution in [-0.2, 0) is 5.41 Å². The van der Waals surface area contributed by atoms with E-state index in [-0.39, 0.29) is 11.3 Å². The van der Waals surface area contributed by atoms with Crippen LogP contribution in [0, 0.1) is 0 Å². The highest BCUT2D eigenvalue weighted by molar-refractivity contribution is 6.03. The molecule has 0 saturated heterocycles. The fourth-order valence-electron chi connectivity index (χ4n) is 2.19. The number of aromatic nitrogens is 2. The minimum atomic E-state index is -0.202.